The minimum absolute atomic E-state index is 0.0692. The maximum Gasteiger partial charge on any atom is 0.170 e. The van der Waals surface area contributed by atoms with Gasteiger partial charge in [0.25, 0.3) is 0 Å². The zero-order valence-corrected chi connectivity index (χ0v) is 14.0. The van der Waals surface area contributed by atoms with Crippen LogP contribution in [0.25, 0.3) is 0 Å². The summed E-state index contributed by atoms with van der Waals surface area (Å²) in [6.45, 7) is 4.26. The minimum Gasteiger partial charge on any atom is -0.294 e. The molecule has 0 aliphatic heterocycles. The Bertz CT molecular complexity index is 592. The van der Waals surface area contributed by atoms with Gasteiger partial charge in [-0.1, -0.05) is 75.2 Å². The number of hydrogen-bond donors (Lipinski definition) is 0. The van der Waals surface area contributed by atoms with Crippen molar-refractivity contribution in [3.05, 3.63) is 70.8 Å². The molecule has 0 atom stereocenters. The Kier molecular flexibility index (Phi) is 6.28. The number of rotatable bonds is 8. The standard InChI is InChI=1S/C21H24O2/c1-3-5-16-7-11-18(12-8-16)20(22)15-21(23)19-13-9-17(6-4-2)10-14-19/h7-14H,3-6,15H2,1-2H3. The maximum absolute atomic E-state index is 12.2. The number of hydrogen-bond acceptors (Lipinski definition) is 2. The van der Waals surface area contributed by atoms with Gasteiger partial charge in [-0.15, -0.1) is 0 Å². The topological polar surface area (TPSA) is 34.1 Å². The molecule has 0 fully saturated rings. The van der Waals surface area contributed by atoms with Crippen molar-refractivity contribution in [2.75, 3.05) is 0 Å². The highest BCUT2D eigenvalue weighted by Crippen LogP contribution is 2.13. The van der Waals surface area contributed by atoms with E-state index in [1.165, 1.54) is 11.1 Å². The van der Waals surface area contributed by atoms with Crippen molar-refractivity contribution >= 4 is 11.6 Å². The van der Waals surface area contributed by atoms with E-state index in [1.807, 2.05) is 48.5 Å². The quantitative estimate of drug-likeness (QED) is 0.505. The molecule has 120 valence electrons. The van der Waals surface area contributed by atoms with Gasteiger partial charge in [-0.25, -0.2) is 0 Å². The van der Waals surface area contributed by atoms with Crippen LogP contribution in [0.15, 0.2) is 48.5 Å². The van der Waals surface area contributed by atoms with Gasteiger partial charge in [0.15, 0.2) is 11.6 Å². The molecule has 23 heavy (non-hydrogen) atoms. The van der Waals surface area contributed by atoms with E-state index in [-0.39, 0.29) is 18.0 Å². The summed E-state index contributed by atoms with van der Waals surface area (Å²) in [5.74, 6) is -0.230. The molecule has 0 spiro atoms. The third kappa shape index (κ3) is 4.88. The van der Waals surface area contributed by atoms with Gasteiger partial charge in [-0.05, 0) is 24.0 Å². The third-order valence-corrected chi connectivity index (χ3v) is 3.95. The van der Waals surface area contributed by atoms with E-state index >= 15 is 0 Å². The van der Waals surface area contributed by atoms with Crippen LogP contribution in [0.4, 0.5) is 0 Å². The van der Waals surface area contributed by atoms with Gasteiger partial charge in [0.1, 0.15) is 0 Å². The summed E-state index contributed by atoms with van der Waals surface area (Å²) >= 11 is 0. The van der Waals surface area contributed by atoms with Crippen LogP contribution in [0, 0.1) is 0 Å². The van der Waals surface area contributed by atoms with E-state index < -0.39 is 0 Å². The van der Waals surface area contributed by atoms with Crippen LogP contribution in [0.5, 0.6) is 0 Å². The summed E-state index contributed by atoms with van der Waals surface area (Å²) < 4.78 is 0. The SMILES string of the molecule is CCCc1ccc(C(=O)CC(=O)c2ccc(CCC)cc2)cc1. The molecule has 2 heteroatoms. The summed E-state index contributed by atoms with van der Waals surface area (Å²) in [7, 11) is 0. The molecule has 0 aliphatic carbocycles. The molecule has 2 aromatic carbocycles. The fourth-order valence-electron chi connectivity index (χ4n) is 2.64. The molecule has 2 rings (SSSR count). The predicted molar refractivity (Wildman–Crippen MR) is 94.2 cm³/mol. The van der Waals surface area contributed by atoms with Crippen LogP contribution in [-0.2, 0) is 12.8 Å². The number of aryl methyl sites for hydroxylation is 2. The Labute approximate surface area is 138 Å². The first-order valence-electron chi connectivity index (χ1n) is 8.38. The Morgan fingerprint density at radius 1 is 0.652 bits per heavy atom. The molecular weight excluding hydrogens is 284 g/mol. The smallest absolute Gasteiger partial charge is 0.170 e. The molecular formula is C21H24O2. The van der Waals surface area contributed by atoms with Crippen molar-refractivity contribution in [3.63, 3.8) is 0 Å². The summed E-state index contributed by atoms with van der Waals surface area (Å²) in [5, 5.41) is 0. The zero-order chi connectivity index (χ0) is 16.7. The highest BCUT2D eigenvalue weighted by atomic mass is 16.1. The van der Waals surface area contributed by atoms with Crippen molar-refractivity contribution in [1.82, 2.24) is 0 Å². The fourth-order valence-corrected chi connectivity index (χ4v) is 2.64. The average Bonchev–Trinajstić information content (AvgIpc) is 2.56. The van der Waals surface area contributed by atoms with Crippen LogP contribution in [0.3, 0.4) is 0 Å². The second kappa shape index (κ2) is 8.42. The van der Waals surface area contributed by atoms with Gasteiger partial charge in [-0.2, -0.15) is 0 Å². The molecule has 0 saturated heterocycles. The van der Waals surface area contributed by atoms with Gasteiger partial charge < -0.3 is 0 Å². The van der Waals surface area contributed by atoms with Crippen LogP contribution in [0.2, 0.25) is 0 Å². The third-order valence-electron chi connectivity index (χ3n) is 3.95. The highest BCUT2D eigenvalue weighted by Gasteiger charge is 2.13. The first-order valence-corrected chi connectivity index (χ1v) is 8.38. The average molecular weight is 308 g/mol. The molecule has 2 nitrogen and oxygen atoms in total. The van der Waals surface area contributed by atoms with Crippen LogP contribution in [0.1, 0.15) is 65.0 Å². The van der Waals surface area contributed by atoms with E-state index in [4.69, 9.17) is 0 Å². The Morgan fingerprint density at radius 2 is 1.00 bits per heavy atom. The fraction of sp³-hybridized carbons (Fsp3) is 0.333. The normalized spacial score (nSPS) is 10.5. The van der Waals surface area contributed by atoms with Gasteiger partial charge in [0.05, 0.1) is 6.42 Å². The van der Waals surface area contributed by atoms with Crippen molar-refractivity contribution in [2.24, 2.45) is 0 Å². The molecule has 0 bridgehead atoms. The van der Waals surface area contributed by atoms with E-state index in [9.17, 15) is 9.59 Å². The summed E-state index contributed by atoms with van der Waals surface area (Å²) in [4.78, 5) is 24.5. The van der Waals surface area contributed by atoms with Gasteiger partial charge >= 0.3 is 0 Å². The Balaban J connectivity index is 1.99. The Morgan fingerprint density at radius 3 is 1.30 bits per heavy atom. The number of carbonyl (C=O) groups excluding carboxylic acids is 2. The lowest BCUT2D eigenvalue weighted by Gasteiger charge is -2.04. The summed E-state index contributed by atoms with van der Waals surface area (Å²) in [6.07, 6.45) is 4.12. The van der Waals surface area contributed by atoms with E-state index in [2.05, 4.69) is 13.8 Å². The first kappa shape index (κ1) is 17.1. The molecule has 0 aromatic heterocycles. The second-order valence-electron chi connectivity index (χ2n) is 5.92. The minimum atomic E-state index is -0.115. The Hall–Kier alpha value is -2.22. The van der Waals surface area contributed by atoms with E-state index in [0.29, 0.717) is 11.1 Å². The van der Waals surface area contributed by atoms with E-state index in [0.717, 1.165) is 25.7 Å². The zero-order valence-electron chi connectivity index (χ0n) is 14.0. The van der Waals surface area contributed by atoms with Crippen LogP contribution in [-0.4, -0.2) is 11.6 Å². The lowest BCUT2D eigenvalue weighted by atomic mass is 9.99. The van der Waals surface area contributed by atoms with Crippen LogP contribution < -0.4 is 0 Å². The highest BCUT2D eigenvalue weighted by molar-refractivity contribution is 6.13. The molecule has 0 heterocycles. The van der Waals surface area contributed by atoms with Gasteiger partial charge in [-0.3, -0.25) is 9.59 Å². The monoisotopic (exact) mass is 308 g/mol. The summed E-state index contributed by atoms with van der Waals surface area (Å²) in [5.41, 5.74) is 3.67. The molecule has 2 aromatic rings. The molecule has 0 saturated carbocycles. The number of ketones is 2. The van der Waals surface area contributed by atoms with Crippen molar-refractivity contribution < 1.29 is 9.59 Å². The van der Waals surface area contributed by atoms with Gasteiger partial charge in [0.2, 0.25) is 0 Å². The summed E-state index contributed by atoms with van der Waals surface area (Å²) in [6, 6.07) is 15.2. The van der Waals surface area contributed by atoms with Crippen molar-refractivity contribution in [2.45, 2.75) is 46.0 Å². The van der Waals surface area contributed by atoms with Crippen LogP contribution >= 0.6 is 0 Å². The second-order valence-corrected chi connectivity index (χ2v) is 5.92. The van der Waals surface area contributed by atoms with Crippen molar-refractivity contribution in [3.8, 4) is 0 Å². The number of Topliss-reactive ketones (excluding diaryl/α,β-unsaturated/α-hetero) is 2. The van der Waals surface area contributed by atoms with Gasteiger partial charge in [0, 0.05) is 11.1 Å². The lowest BCUT2D eigenvalue weighted by Crippen LogP contribution is -2.08. The number of benzene rings is 2. The molecule has 0 aliphatic rings. The first-order chi connectivity index (χ1) is 11.1. The largest absolute Gasteiger partial charge is 0.294 e. The maximum atomic E-state index is 12.2. The predicted octanol–water partition coefficient (Wildman–Crippen LogP) is 5.05. The molecule has 0 amide bonds. The molecule has 0 radical (unpaired) electrons. The molecule has 0 N–H and O–H groups in total. The van der Waals surface area contributed by atoms with Crippen molar-refractivity contribution in [1.29, 1.82) is 0 Å². The number of carbonyl (C=O) groups is 2. The lowest BCUT2D eigenvalue weighted by molar-refractivity contribution is 0.0894. The molecule has 0 unspecified atom stereocenters. The van der Waals surface area contributed by atoms with E-state index in [1.54, 1.807) is 0 Å².